The van der Waals surface area contributed by atoms with Crippen LogP contribution < -0.4 is 5.32 Å². The molecule has 0 aromatic carbocycles. The maximum atomic E-state index is 12.5. The van der Waals surface area contributed by atoms with E-state index in [2.05, 4.69) is 5.32 Å². The lowest BCUT2D eigenvalue weighted by molar-refractivity contribution is -0.146. The molecule has 2 aliphatic heterocycles. The van der Waals surface area contributed by atoms with E-state index in [0.717, 1.165) is 6.42 Å². The topological polar surface area (TPSA) is 86.7 Å². The first-order valence-electron chi connectivity index (χ1n) is 7.05. The molecule has 6 nitrogen and oxygen atoms in total. The Balaban J connectivity index is 2.14. The van der Waals surface area contributed by atoms with E-state index in [1.165, 1.54) is 0 Å². The second-order valence-corrected chi connectivity index (χ2v) is 8.41. The average molecular weight is 314 g/mol. The molecule has 0 aliphatic carbocycles. The Morgan fingerprint density at radius 3 is 2.62 bits per heavy atom. The van der Waals surface area contributed by atoms with Gasteiger partial charge in [0.25, 0.3) is 0 Å². The van der Waals surface area contributed by atoms with Crippen LogP contribution in [-0.4, -0.2) is 50.5 Å². The lowest BCUT2D eigenvalue weighted by Gasteiger charge is -2.32. The third-order valence-corrected chi connectivity index (χ3v) is 5.65. The standard InChI is InChI=1S/C14H22N2O4S/c1-13(2,3)10(12(19)20)15-11(18)8-7-21-14(4)6-5-9(17)16(8)14/h8,10H,5-7H2,1-4H3,(H,15,18)(H,19,20)/t8?,10-,14?/m0/s1. The number of nitrogens with one attached hydrogen (secondary N) is 1. The van der Waals surface area contributed by atoms with E-state index in [1.54, 1.807) is 37.4 Å². The number of amides is 2. The lowest BCUT2D eigenvalue weighted by atomic mass is 9.86. The van der Waals surface area contributed by atoms with Crippen molar-refractivity contribution in [3.63, 3.8) is 0 Å². The predicted molar refractivity (Wildman–Crippen MR) is 79.8 cm³/mol. The molecule has 2 unspecified atom stereocenters. The molecule has 7 heteroatoms. The fraction of sp³-hybridized carbons (Fsp3) is 0.786. The van der Waals surface area contributed by atoms with E-state index in [0.29, 0.717) is 12.2 Å². The Morgan fingerprint density at radius 1 is 1.48 bits per heavy atom. The molecule has 2 N–H and O–H groups in total. The molecular weight excluding hydrogens is 292 g/mol. The first-order valence-corrected chi connectivity index (χ1v) is 8.04. The second-order valence-electron chi connectivity index (χ2n) is 6.91. The summed E-state index contributed by atoms with van der Waals surface area (Å²) in [5.41, 5.74) is -0.592. The van der Waals surface area contributed by atoms with Gasteiger partial charge in [0, 0.05) is 12.2 Å². The first kappa shape index (κ1) is 16.1. The summed E-state index contributed by atoms with van der Waals surface area (Å²) < 4.78 is 0. The minimum Gasteiger partial charge on any atom is -0.480 e. The summed E-state index contributed by atoms with van der Waals surface area (Å²) in [6.07, 6.45) is 1.19. The largest absolute Gasteiger partial charge is 0.480 e. The molecule has 2 heterocycles. The molecule has 2 rings (SSSR count). The molecule has 3 atom stereocenters. The zero-order chi connectivity index (χ0) is 16.0. The van der Waals surface area contributed by atoms with Gasteiger partial charge in [-0.2, -0.15) is 0 Å². The van der Waals surface area contributed by atoms with Gasteiger partial charge in [0.1, 0.15) is 12.1 Å². The van der Waals surface area contributed by atoms with Crippen LogP contribution in [0.5, 0.6) is 0 Å². The highest BCUT2D eigenvalue weighted by Crippen LogP contribution is 2.47. The summed E-state index contributed by atoms with van der Waals surface area (Å²) in [5, 5.41) is 11.9. The molecule has 21 heavy (non-hydrogen) atoms. The van der Waals surface area contributed by atoms with Gasteiger partial charge in [0.05, 0.1) is 4.87 Å². The van der Waals surface area contributed by atoms with Crippen molar-refractivity contribution in [3.8, 4) is 0 Å². The van der Waals surface area contributed by atoms with Gasteiger partial charge in [0.15, 0.2) is 0 Å². The van der Waals surface area contributed by atoms with Crippen molar-refractivity contribution >= 4 is 29.5 Å². The number of fused-ring (bicyclic) bond motifs is 1. The van der Waals surface area contributed by atoms with Crippen molar-refractivity contribution in [2.24, 2.45) is 5.41 Å². The fourth-order valence-corrected chi connectivity index (χ4v) is 4.33. The predicted octanol–water partition coefficient (Wildman–Crippen LogP) is 1.06. The summed E-state index contributed by atoms with van der Waals surface area (Å²) in [6, 6.07) is -1.54. The van der Waals surface area contributed by atoms with E-state index in [9.17, 15) is 19.5 Å². The number of carbonyl (C=O) groups excluding carboxylic acids is 2. The van der Waals surface area contributed by atoms with E-state index in [1.807, 2.05) is 6.92 Å². The van der Waals surface area contributed by atoms with Crippen LogP contribution in [0.15, 0.2) is 0 Å². The fourth-order valence-electron chi connectivity index (χ4n) is 2.90. The van der Waals surface area contributed by atoms with Crippen molar-refractivity contribution in [1.29, 1.82) is 0 Å². The Bertz CT molecular complexity index is 488. The highest BCUT2D eigenvalue weighted by molar-refractivity contribution is 8.01. The lowest BCUT2D eigenvalue weighted by Crippen LogP contribution is -2.56. The first-order chi connectivity index (χ1) is 9.56. The van der Waals surface area contributed by atoms with Gasteiger partial charge in [-0.15, -0.1) is 11.8 Å². The van der Waals surface area contributed by atoms with Gasteiger partial charge < -0.3 is 15.3 Å². The van der Waals surface area contributed by atoms with Gasteiger partial charge >= 0.3 is 5.97 Å². The third-order valence-electron chi connectivity index (χ3n) is 4.15. The summed E-state index contributed by atoms with van der Waals surface area (Å²) in [5.74, 6) is -0.934. The van der Waals surface area contributed by atoms with Crippen LogP contribution in [0.1, 0.15) is 40.5 Å². The number of aliphatic carboxylic acids is 1. The Labute approximate surface area is 128 Å². The Hall–Kier alpha value is -1.24. The number of carboxylic acid groups (broad SMARTS) is 1. The number of nitrogens with zero attached hydrogens (tertiary/aromatic N) is 1. The third kappa shape index (κ3) is 2.88. The minimum absolute atomic E-state index is 0.0229. The van der Waals surface area contributed by atoms with E-state index >= 15 is 0 Å². The molecule has 0 radical (unpaired) electrons. The minimum atomic E-state index is -1.06. The molecule has 2 aliphatic rings. The maximum Gasteiger partial charge on any atom is 0.326 e. The van der Waals surface area contributed by atoms with Gasteiger partial charge in [-0.3, -0.25) is 9.59 Å². The molecule has 2 saturated heterocycles. The zero-order valence-electron chi connectivity index (χ0n) is 12.8. The SMILES string of the molecule is CC(C)(C)[C@@H](NC(=O)C1CSC2(C)CCC(=O)N12)C(=O)O. The molecule has 0 aromatic rings. The number of hydrogen-bond acceptors (Lipinski definition) is 4. The number of thioether (sulfide) groups is 1. The molecule has 2 fully saturated rings. The molecule has 2 amide bonds. The van der Waals surface area contributed by atoms with Crippen molar-refractivity contribution in [2.45, 2.75) is 57.5 Å². The number of carbonyl (C=O) groups is 3. The Kier molecular flexibility index (Phi) is 3.99. The Morgan fingerprint density at radius 2 is 2.10 bits per heavy atom. The van der Waals surface area contributed by atoms with Gasteiger partial charge in [-0.1, -0.05) is 20.8 Å². The molecule has 118 valence electrons. The highest BCUT2D eigenvalue weighted by Gasteiger charge is 2.53. The summed E-state index contributed by atoms with van der Waals surface area (Å²) in [6.45, 7) is 7.26. The van der Waals surface area contributed by atoms with E-state index in [-0.39, 0.29) is 16.7 Å². The van der Waals surface area contributed by atoms with Crippen LogP contribution in [0.25, 0.3) is 0 Å². The van der Waals surface area contributed by atoms with E-state index < -0.39 is 23.5 Å². The van der Waals surface area contributed by atoms with Crippen LogP contribution in [0.3, 0.4) is 0 Å². The van der Waals surface area contributed by atoms with Gasteiger partial charge in [0.2, 0.25) is 11.8 Å². The number of rotatable bonds is 3. The highest BCUT2D eigenvalue weighted by atomic mass is 32.2. The molecular formula is C14H22N2O4S. The molecule has 0 aromatic heterocycles. The summed E-state index contributed by atoms with van der Waals surface area (Å²) in [7, 11) is 0. The second kappa shape index (κ2) is 5.19. The quantitative estimate of drug-likeness (QED) is 0.813. The van der Waals surface area contributed by atoms with Gasteiger partial charge in [-0.05, 0) is 18.8 Å². The van der Waals surface area contributed by atoms with Gasteiger partial charge in [-0.25, -0.2) is 4.79 Å². The van der Waals surface area contributed by atoms with Crippen LogP contribution in [-0.2, 0) is 14.4 Å². The molecule has 0 saturated carbocycles. The van der Waals surface area contributed by atoms with Crippen molar-refractivity contribution in [2.75, 3.05) is 5.75 Å². The summed E-state index contributed by atoms with van der Waals surface area (Å²) >= 11 is 1.60. The maximum absolute atomic E-state index is 12.5. The normalized spacial score (nSPS) is 30.2. The van der Waals surface area contributed by atoms with Crippen LogP contribution in [0.4, 0.5) is 0 Å². The van der Waals surface area contributed by atoms with Crippen molar-refractivity contribution in [3.05, 3.63) is 0 Å². The van der Waals surface area contributed by atoms with Crippen LogP contribution in [0, 0.1) is 5.41 Å². The van der Waals surface area contributed by atoms with Crippen LogP contribution in [0.2, 0.25) is 0 Å². The van der Waals surface area contributed by atoms with Crippen molar-refractivity contribution < 1.29 is 19.5 Å². The number of carboxylic acids is 1. The molecule has 0 bridgehead atoms. The smallest absolute Gasteiger partial charge is 0.326 e. The monoisotopic (exact) mass is 314 g/mol. The zero-order valence-corrected chi connectivity index (χ0v) is 13.6. The summed E-state index contributed by atoms with van der Waals surface area (Å²) in [4.78, 5) is 37.1. The average Bonchev–Trinajstić information content (AvgIpc) is 2.82. The van der Waals surface area contributed by atoms with Crippen LogP contribution >= 0.6 is 11.8 Å². The van der Waals surface area contributed by atoms with Crippen molar-refractivity contribution in [1.82, 2.24) is 10.2 Å². The van der Waals surface area contributed by atoms with E-state index in [4.69, 9.17) is 0 Å². The molecule has 0 spiro atoms. The number of hydrogen-bond donors (Lipinski definition) is 2.